The monoisotopic (exact) mass is 399 g/mol. The Morgan fingerprint density at radius 3 is 2.32 bits per heavy atom. The number of benzene rings is 3. The Morgan fingerprint density at radius 1 is 0.710 bits per heavy atom. The van der Waals surface area contributed by atoms with Gasteiger partial charge in [-0.05, 0) is 33.9 Å². The van der Waals surface area contributed by atoms with Crippen LogP contribution in [0.1, 0.15) is 16.7 Å². The SMILES string of the molecule is c1ccc(CC2(c3ccc(-c4cccnc4)cc3)c3ccccc3-c3nccn32)cc1. The first kappa shape index (κ1) is 17.8. The molecule has 1 aliphatic heterocycles. The van der Waals surface area contributed by atoms with Gasteiger partial charge in [-0.3, -0.25) is 4.98 Å². The van der Waals surface area contributed by atoms with E-state index in [1.54, 1.807) is 0 Å². The fraction of sp³-hybridized carbons (Fsp3) is 0.0714. The zero-order valence-electron chi connectivity index (χ0n) is 17.0. The molecule has 5 aromatic rings. The van der Waals surface area contributed by atoms with E-state index in [-0.39, 0.29) is 5.54 Å². The molecule has 0 saturated heterocycles. The van der Waals surface area contributed by atoms with Gasteiger partial charge < -0.3 is 4.57 Å². The Balaban J connectivity index is 1.57. The van der Waals surface area contributed by atoms with Crippen LogP contribution in [0.15, 0.2) is 116 Å². The first-order chi connectivity index (χ1) is 15.4. The highest BCUT2D eigenvalue weighted by atomic mass is 15.2. The number of pyridine rings is 1. The lowest BCUT2D eigenvalue weighted by Gasteiger charge is -2.34. The van der Waals surface area contributed by atoms with E-state index in [2.05, 4.69) is 101 Å². The summed E-state index contributed by atoms with van der Waals surface area (Å²) in [5, 5.41) is 0. The predicted molar refractivity (Wildman–Crippen MR) is 124 cm³/mol. The number of aromatic nitrogens is 3. The Labute approximate surface area is 181 Å². The van der Waals surface area contributed by atoms with Crippen molar-refractivity contribution in [2.24, 2.45) is 0 Å². The molecule has 0 aliphatic carbocycles. The maximum absolute atomic E-state index is 4.72. The average molecular weight is 399 g/mol. The Morgan fingerprint density at radius 2 is 1.52 bits per heavy atom. The number of fused-ring (bicyclic) bond motifs is 3. The third-order valence-electron chi connectivity index (χ3n) is 6.33. The van der Waals surface area contributed by atoms with Gasteiger partial charge >= 0.3 is 0 Å². The van der Waals surface area contributed by atoms with E-state index in [9.17, 15) is 0 Å². The summed E-state index contributed by atoms with van der Waals surface area (Å²) >= 11 is 0. The second-order valence-electron chi connectivity index (χ2n) is 8.01. The molecule has 0 spiro atoms. The second kappa shape index (κ2) is 7.06. The van der Waals surface area contributed by atoms with Crippen molar-refractivity contribution in [1.82, 2.24) is 14.5 Å². The van der Waals surface area contributed by atoms with Gasteiger partial charge in [0, 0.05) is 36.8 Å². The van der Waals surface area contributed by atoms with Gasteiger partial charge in [0.2, 0.25) is 0 Å². The minimum Gasteiger partial charge on any atom is -0.316 e. The van der Waals surface area contributed by atoms with Gasteiger partial charge in [-0.15, -0.1) is 0 Å². The Bertz CT molecular complexity index is 1340. The molecule has 0 saturated carbocycles. The normalized spacial score (nSPS) is 16.6. The maximum atomic E-state index is 4.72. The average Bonchev–Trinajstić information content (AvgIpc) is 3.43. The Kier molecular flexibility index (Phi) is 4.07. The number of rotatable bonds is 4. The molecule has 2 aromatic heterocycles. The molecule has 6 rings (SSSR count). The van der Waals surface area contributed by atoms with E-state index in [1.807, 2.05) is 24.7 Å². The van der Waals surface area contributed by atoms with Crippen molar-refractivity contribution in [3.63, 3.8) is 0 Å². The van der Waals surface area contributed by atoms with Crippen LogP contribution in [-0.4, -0.2) is 14.5 Å². The third kappa shape index (κ3) is 2.74. The molecule has 1 aliphatic rings. The molecule has 3 nitrogen and oxygen atoms in total. The molecular formula is C28H21N3. The van der Waals surface area contributed by atoms with Gasteiger partial charge in [-0.1, -0.05) is 84.9 Å². The van der Waals surface area contributed by atoms with Crippen LogP contribution in [0.5, 0.6) is 0 Å². The largest absolute Gasteiger partial charge is 0.316 e. The van der Waals surface area contributed by atoms with Crippen molar-refractivity contribution in [1.29, 1.82) is 0 Å². The number of nitrogens with zero attached hydrogens (tertiary/aromatic N) is 3. The van der Waals surface area contributed by atoms with E-state index in [0.29, 0.717) is 0 Å². The van der Waals surface area contributed by atoms with E-state index >= 15 is 0 Å². The lowest BCUT2D eigenvalue weighted by molar-refractivity contribution is 0.450. The molecule has 0 N–H and O–H groups in total. The van der Waals surface area contributed by atoms with E-state index in [4.69, 9.17) is 4.98 Å². The van der Waals surface area contributed by atoms with Crippen LogP contribution in [-0.2, 0) is 12.0 Å². The van der Waals surface area contributed by atoms with Crippen LogP contribution in [0.2, 0.25) is 0 Å². The molecule has 0 fully saturated rings. The topological polar surface area (TPSA) is 30.7 Å². The third-order valence-corrected chi connectivity index (χ3v) is 6.33. The second-order valence-corrected chi connectivity index (χ2v) is 8.01. The molecule has 31 heavy (non-hydrogen) atoms. The first-order valence-electron chi connectivity index (χ1n) is 10.5. The molecule has 1 atom stereocenters. The summed E-state index contributed by atoms with van der Waals surface area (Å²) in [6.45, 7) is 0. The molecule has 0 amide bonds. The van der Waals surface area contributed by atoms with Gasteiger partial charge in [0.15, 0.2) is 0 Å². The van der Waals surface area contributed by atoms with E-state index in [1.165, 1.54) is 27.8 Å². The zero-order valence-corrected chi connectivity index (χ0v) is 17.0. The highest BCUT2D eigenvalue weighted by Crippen LogP contribution is 2.48. The van der Waals surface area contributed by atoms with Crippen molar-refractivity contribution in [2.45, 2.75) is 12.0 Å². The van der Waals surface area contributed by atoms with Crippen LogP contribution in [0, 0.1) is 0 Å². The summed E-state index contributed by atoms with van der Waals surface area (Å²) in [6.07, 6.45) is 8.61. The van der Waals surface area contributed by atoms with Crippen molar-refractivity contribution >= 4 is 0 Å². The summed E-state index contributed by atoms with van der Waals surface area (Å²) in [7, 11) is 0. The smallest absolute Gasteiger partial charge is 0.141 e. The quantitative estimate of drug-likeness (QED) is 0.373. The number of imidazole rings is 1. The molecule has 0 bridgehead atoms. The van der Waals surface area contributed by atoms with Crippen molar-refractivity contribution in [3.05, 3.63) is 132 Å². The van der Waals surface area contributed by atoms with Crippen molar-refractivity contribution < 1.29 is 0 Å². The summed E-state index contributed by atoms with van der Waals surface area (Å²) < 4.78 is 2.35. The van der Waals surface area contributed by atoms with Crippen LogP contribution >= 0.6 is 0 Å². The van der Waals surface area contributed by atoms with Crippen LogP contribution in [0.3, 0.4) is 0 Å². The minimum absolute atomic E-state index is 0.336. The highest BCUT2D eigenvalue weighted by Gasteiger charge is 2.44. The summed E-state index contributed by atoms with van der Waals surface area (Å²) in [4.78, 5) is 8.99. The van der Waals surface area contributed by atoms with Crippen LogP contribution in [0.4, 0.5) is 0 Å². The lowest BCUT2D eigenvalue weighted by Crippen LogP contribution is -2.35. The van der Waals surface area contributed by atoms with Gasteiger partial charge in [0.05, 0.1) is 0 Å². The van der Waals surface area contributed by atoms with Gasteiger partial charge in [0.1, 0.15) is 11.4 Å². The molecular weight excluding hydrogens is 378 g/mol. The molecule has 0 radical (unpaired) electrons. The fourth-order valence-corrected chi connectivity index (χ4v) is 4.92. The minimum atomic E-state index is -0.336. The molecule has 148 valence electrons. The van der Waals surface area contributed by atoms with E-state index < -0.39 is 0 Å². The molecule has 3 heterocycles. The van der Waals surface area contributed by atoms with Crippen molar-refractivity contribution in [2.75, 3.05) is 0 Å². The molecule has 1 unspecified atom stereocenters. The van der Waals surface area contributed by atoms with Crippen molar-refractivity contribution in [3.8, 4) is 22.5 Å². The van der Waals surface area contributed by atoms with Gasteiger partial charge in [0.25, 0.3) is 0 Å². The summed E-state index contributed by atoms with van der Waals surface area (Å²) in [5.74, 6) is 1.03. The maximum Gasteiger partial charge on any atom is 0.141 e. The Hall–Kier alpha value is -3.98. The van der Waals surface area contributed by atoms with Gasteiger partial charge in [-0.2, -0.15) is 0 Å². The predicted octanol–water partition coefficient (Wildman–Crippen LogP) is 5.96. The lowest BCUT2D eigenvalue weighted by atomic mass is 9.78. The molecule has 3 aromatic carbocycles. The zero-order chi connectivity index (χ0) is 20.7. The molecule has 3 heteroatoms. The highest BCUT2D eigenvalue weighted by molar-refractivity contribution is 5.72. The fourth-order valence-electron chi connectivity index (χ4n) is 4.92. The summed E-state index contributed by atoms with van der Waals surface area (Å²) in [6, 6.07) is 32.4. The van der Waals surface area contributed by atoms with Crippen LogP contribution in [0.25, 0.3) is 22.5 Å². The first-order valence-corrected chi connectivity index (χ1v) is 10.5. The van der Waals surface area contributed by atoms with Gasteiger partial charge in [-0.25, -0.2) is 4.98 Å². The number of hydrogen-bond donors (Lipinski definition) is 0. The number of hydrogen-bond acceptors (Lipinski definition) is 2. The summed E-state index contributed by atoms with van der Waals surface area (Å²) in [5.41, 5.74) is 7.03. The van der Waals surface area contributed by atoms with E-state index in [0.717, 1.165) is 17.8 Å². The standard InChI is InChI=1S/C28H21N3/c1-2-7-21(8-3-1)19-28(24-14-12-22(13-15-24)23-9-6-16-29-20-23)26-11-5-4-10-25(26)27-30-17-18-31(27)28/h1-18,20H,19H2. The van der Waals surface area contributed by atoms with Crippen LogP contribution < -0.4 is 0 Å².